The van der Waals surface area contributed by atoms with E-state index < -0.39 is 0 Å². The molecule has 3 saturated carbocycles. The Balaban J connectivity index is 1.57. The highest BCUT2D eigenvalue weighted by molar-refractivity contribution is 5.73. The van der Waals surface area contributed by atoms with Crippen LogP contribution in [0.25, 0.3) is 0 Å². The van der Waals surface area contributed by atoms with Gasteiger partial charge in [0, 0.05) is 38.0 Å². The van der Waals surface area contributed by atoms with Gasteiger partial charge in [0.25, 0.3) is 0 Å². The summed E-state index contributed by atoms with van der Waals surface area (Å²) in [5, 5.41) is 16.9. The van der Waals surface area contributed by atoms with Crippen molar-refractivity contribution in [2.75, 3.05) is 6.61 Å². The zero-order chi connectivity index (χ0) is 21.7. The van der Waals surface area contributed by atoms with Gasteiger partial charge in [0.05, 0.1) is 0 Å². The number of hydrogen-bond acceptors (Lipinski definition) is 3. The lowest BCUT2D eigenvalue weighted by atomic mass is 9.47. The van der Waals surface area contributed by atoms with E-state index in [2.05, 4.69) is 30.6 Å². The van der Waals surface area contributed by atoms with Gasteiger partial charge in [0.2, 0.25) is 11.8 Å². The van der Waals surface area contributed by atoms with Crippen LogP contribution in [-0.2, 0) is 9.59 Å². The highest BCUT2D eigenvalue weighted by Gasteiger charge is 2.61. The smallest absolute Gasteiger partial charge is 0.217 e. The molecule has 1 unspecified atom stereocenters. The molecule has 2 amide bonds. The third-order valence-corrected chi connectivity index (χ3v) is 9.62. The lowest BCUT2D eigenvalue weighted by molar-refractivity contribution is -0.122. The van der Waals surface area contributed by atoms with Gasteiger partial charge in [-0.15, -0.1) is 0 Å². The number of fused-ring (bicyclic) bond motifs is 5. The molecule has 0 aliphatic heterocycles. The highest BCUT2D eigenvalue weighted by Crippen LogP contribution is 2.66. The predicted octanol–water partition coefficient (Wildman–Crippen LogP) is 3.57. The Labute approximate surface area is 181 Å². The molecule has 8 atom stereocenters. The Bertz CT molecular complexity index is 734. The third kappa shape index (κ3) is 3.41. The fourth-order valence-corrected chi connectivity index (χ4v) is 8.41. The van der Waals surface area contributed by atoms with Gasteiger partial charge in [0.1, 0.15) is 0 Å². The second kappa shape index (κ2) is 7.96. The Morgan fingerprint density at radius 2 is 1.90 bits per heavy atom. The molecule has 3 fully saturated rings. The molecule has 0 aromatic carbocycles. The van der Waals surface area contributed by atoms with Crippen molar-refractivity contribution in [2.45, 2.75) is 91.1 Å². The maximum Gasteiger partial charge on any atom is 0.217 e. The number of carbonyl (C=O) groups excluding carboxylic acids is 2. The molecule has 4 aliphatic carbocycles. The van der Waals surface area contributed by atoms with E-state index in [0.29, 0.717) is 23.7 Å². The lowest BCUT2D eigenvalue weighted by Gasteiger charge is -2.59. The van der Waals surface area contributed by atoms with E-state index in [1.807, 2.05) is 0 Å². The minimum atomic E-state index is -0.0435. The first-order valence-electron chi connectivity index (χ1n) is 12.1. The molecule has 168 valence electrons. The molecular formula is C25H40N2O3. The fraction of sp³-hybridized carbons (Fsp3) is 0.840. The summed E-state index contributed by atoms with van der Waals surface area (Å²) >= 11 is 0. The molecule has 0 heterocycles. The number of hydrogen-bond donors (Lipinski definition) is 3. The molecule has 0 aromatic heterocycles. The Morgan fingerprint density at radius 3 is 2.57 bits per heavy atom. The molecule has 0 aromatic rings. The van der Waals surface area contributed by atoms with Gasteiger partial charge < -0.3 is 15.7 Å². The van der Waals surface area contributed by atoms with Crippen molar-refractivity contribution in [1.82, 2.24) is 10.6 Å². The zero-order valence-electron chi connectivity index (χ0n) is 19.2. The van der Waals surface area contributed by atoms with E-state index in [4.69, 9.17) is 0 Å². The summed E-state index contributed by atoms with van der Waals surface area (Å²) in [6.07, 6.45) is 11.3. The van der Waals surface area contributed by atoms with Crippen LogP contribution in [0.5, 0.6) is 0 Å². The van der Waals surface area contributed by atoms with Gasteiger partial charge in [-0.25, -0.2) is 0 Å². The van der Waals surface area contributed by atoms with Crippen molar-refractivity contribution in [3.05, 3.63) is 11.6 Å². The lowest BCUT2D eigenvalue weighted by Crippen LogP contribution is -2.55. The van der Waals surface area contributed by atoms with E-state index in [-0.39, 0.29) is 41.3 Å². The van der Waals surface area contributed by atoms with Crippen LogP contribution in [-0.4, -0.2) is 35.6 Å². The van der Waals surface area contributed by atoms with E-state index >= 15 is 0 Å². The zero-order valence-corrected chi connectivity index (χ0v) is 19.2. The van der Waals surface area contributed by atoms with Crippen molar-refractivity contribution in [1.29, 1.82) is 0 Å². The largest absolute Gasteiger partial charge is 0.396 e. The first kappa shape index (κ1) is 21.9. The van der Waals surface area contributed by atoms with Crippen LogP contribution < -0.4 is 10.6 Å². The molecule has 30 heavy (non-hydrogen) atoms. The minimum Gasteiger partial charge on any atom is -0.396 e. The average molecular weight is 417 g/mol. The van der Waals surface area contributed by atoms with Crippen molar-refractivity contribution in [2.24, 2.45) is 34.5 Å². The van der Waals surface area contributed by atoms with Crippen LogP contribution in [0.4, 0.5) is 0 Å². The number of aliphatic hydroxyl groups is 1. The summed E-state index contributed by atoms with van der Waals surface area (Å²) in [5.74, 6) is 2.33. The topological polar surface area (TPSA) is 78.4 Å². The number of aliphatic hydroxyl groups excluding tert-OH is 1. The summed E-state index contributed by atoms with van der Waals surface area (Å²) in [6, 6.07) is 0.405. The maximum absolute atomic E-state index is 11.7. The number of carbonyl (C=O) groups is 2. The molecule has 0 saturated heterocycles. The molecule has 4 rings (SSSR count). The van der Waals surface area contributed by atoms with E-state index in [0.717, 1.165) is 38.5 Å². The van der Waals surface area contributed by atoms with Gasteiger partial charge in [-0.05, 0) is 87.4 Å². The summed E-state index contributed by atoms with van der Waals surface area (Å²) in [4.78, 5) is 23.2. The van der Waals surface area contributed by atoms with Crippen molar-refractivity contribution < 1.29 is 14.7 Å². The van der Waals surface area contributed by atoms with Crippen LogP contribution in [0.1, 0.15) is 79.1 Å². The first-order chi connectivity index (χ1) is 14.2. The van der Waals surface area contributed by atoms with Crippen LogP contribution in [0, 0.1) is 34.5 Å². The molecule has 4 aliphatic rings. The van der Waals surface area contributed by atoms with Crippen LogP contribution in [0.2, 0.25) is 0 Å². The van der Waals surface area contributed by atoms with E-state index in [1.54, 1.807) is 19.4 Å². The SMILES string of the molecule is CC(=O)NC(C)[C@H]1CC[C@H]2[C@@H]3CC=C4C[C@@H](NC(C)=O)CC[C@]4(C)[C@H]3CC[C@]12CO. The van der Waals surface area contributed by atoms with Crippen molar-refractivity contribution >= 4 is 11.8 Å². The number of allylic oxidation sites excluding steroid dienone is 1. The van der Waals surface area contributed by atoms with Crippen molar-refractivity contribution in [3.63, 3.8) is 0 Å². The Kier molecular flexibility index (Phi) is 5.80. The number of amides is 2. The Hall–Kier alpha value is -1.36. The standard InChI is InChI=1S/C25H40N2O3/c1-15(26-16(2)29)21-7-8-23-20-6-5-18-13-19(27-17(3)30)9-11-24(18,4)22(20)10-12-25(21,23)14-28/h5,15,19-23,28H,6-14H2,1-4H3,(H,26,29)(H,27,30)/t15?,19-,20+,21+,22-,23-,24-,25-/m0/s1. The van der Waals surface area contributed by atoms with Crippen molar-refractivity contribution in [3.8, 4) is 0 Å². The number of rotatable bonds is 4. The third-order valence-electron chi connectivity index (χ3n) is 9.62. The second-order valence-electron chi connectivity index (χ2n) is 11.0. The Morgan fingerprint density at radius 1 is 1.13 bits per heavy atom. The second-order valence-corrected chi connectivity index (χ2v) is 11.0. The summed E-state index contributed by atoms with van der Waals surface area (Å²) in [5.41, 5.74) is 1.75. The minimum absolute atomic E-state index is 0.0291. The van der Waals surface area contributed by atoms with Gasteiger partial charge in [-0.3, -0.25) is 9.59 Å². The summed E-state index contributed by atoms with van der Waals surface area (Å²) < 4.78 is 0. The van der Waals surface area contributed by atoms with Crippen LogP contribution in [0.3, 0.4) is 0 Å². The van der Waals surface area contributed by atoms with Gasteiger partial charge in [-0.2, -0.15) is 0 Å². The van der Waals surface area contributed by atoms with E-state index in [9.17, 15) is 14.7 Å². The van der Waals surface area contributed by atoms with Gasteiger partial charge in [0.15, 0.2) is 0 Å². The number of nitrogens with one attached hydrogen (secondary N) is 2. The van der Waals surface area contributed by atoms with Crippen LogP contribution >= 0.6 is 0 Å². The molecule has 0 spiro atoms. The molecule has 5 heteroatoms. The molecule has 5 nitrogen and oxygen atoms in total. The highest BCUT2D eigenvalue weighted by atomic mass is 16.3. The summed E-state index contributed by atoms with van der Waals surface area (Å²) in [6.45, 7) is 8.05. The van der Waals surface area contributed by atoms with Crippen LogP contribution in [0.15, 0.2) is 11.6 Å². The fourth-order valence-electron chi connectivity index (χ4n) is 8.41. The molecule has 0 radical (unpaired) electrons. The average Bonchev–Trinajstić information content (AvgIpc) is 3.07. The van der Waals surface area contributed by atoms with Gasteiger partial charge in [-0.1, -0.05) is 18.6 Å². The summed E-state index contributed by atoms with van der Waals surface area (Å²) in [7, 11) is 0. The normalized spacial score (nSPS) is 43.5. The predicted molar refractivity (Wildman–Crippen MR) is 117 cm³/mol. The first-order valence-corrected chi connectivity index (χ1v) is 12.1. The van der Waals surface area contributed by atoms with Gasteiger partial charge >= 0.3 is 0 Å². The quantitative estimate of drug-likeness (QED) is 0.613. The molecule has 3 N–H and O–H groups in total. The molecular weight excluding hydrogens is 376 g/mol. The monoisotopic (exact) mass is 416 g/mol. The molecule has 0 bridgehead atoms. The maximum atomic E-state index is 11.7. The van der Waals surface area contributed by atoms with E-state index in [1.165, 1.54) is 12.8 Å².